The predicted octanol–water partition coefficient (Wildman–Crippen LogP) is 4.70. The summed E-state index contributed by atoms with van der Waals surface area (Å²) in [4.78, 5) is 0. The van der Waals surface area contributed by atoms with Crippen LogP contribution in [0.4, 0.5) is 0 Å². The molecule has 0 bridgehead atoms. The number of nitriles is 1. The Morgan fingerprint density at radius 1 is 1.06 bits per heavy atom. The van der Waals surface area contributed by atoms with Gasteiger partial charge < -0.3 is 4.43 Å². The van der Waals surface area contributed by atoms with Crippen molar-refractivity contribution >= 4 is 19.9 Å². The molecule has 0 saturated carbocycles. The van der Waals surface area contributed by atoms with E-state index in [9.17, 15) is 0 Å². The molecule has 0 fully saturated rings. The molecule has 0 aromatic heterocycles. The van der Waals surface area contributed by atoms with Crippen LogP contribution in [0.3, 0.4) is 0 Å². The molecule has 0 N–H and O–H groups in total. The van der Waals surface area contributed by atoms with Gasteiger partial charge in [0.25, 0.3) is 0 Å². The molecule has 2 nitrogen and oxygen atoms in total. The summed E-state index contributed by atoms with van der Waals surface area (Å²) in [5.74, 6) is 0.411. The van der Waals surface area contributed by atoms with Crippen LogP contribution in [-0.4, -0.2) is 20.3 Å². The average molecular weight is 276 g/mol. The molecule has 0 saturated heterocycles. The molecule has 0 amide bonds. The van der Waals surface area contributed by atoms with Crippen molar-refractivity contribution in [1.82, 2.24) is 0 Å². The number of rotatable bonds is 7. The highest BCUT2D eigenvalue weighted by molar-refractivity contribution is 6.77. The van der Waals surface area contributed by atoms with E-state index in [1.165, 1.54) is 0 Å². The minimum atomic E-state index is -1.88. The van der Waals surface area contributed by atoms with Crippen molar-refractivity contribution in [2.45, 2.75) is 70.7 Å². The molecular weight excluding hydrogens is 250 g/mol. The van der Waals surface area contributed by atoms with E-state index in [2.05, 4.69) is 47.6 Å². The third kappa shape index (κ3) is 3.98. The molecule has 0 aromatic rings. The molecule has 0 aliphatic carbocycles. The summed E-state index contributed by atoms with van der Waals surface area (Å²) in [7, 11) is -1.88. The molecule has 100 valence electrons. The Morgan fingerprint density at radius 3 is 1.71 bits per heavy atom. The van der Waals surface area contributed by atoms with Gasteiger partial charge in [-0.1, -0.05) is 41.5 Å². The van der Waals surface area contributed by atoms with Gasteiger partial charge in [-0.05, 0) is 16.6 Å². The average Bonchev–Trinajstić information content (AvgIpc) is 2.22. The van der Waals surface area contributed by atoms with Crippen LogP contribution in [-0.2, 0) is 4.43 Å². The minimum Gasteiger partial charge on any atom is -0.411 e. The molecule has 0 unspecified atom stereocenters. The number of hydrogen-bond acceptors (Lipinski definition) is 2. The van der Waals surface area contributed by atoms with Gasteiger partial charge in [-0.3, -0.25) is 0 Å². The van der Waals surface area contributed by atoms with Crippen molar-refractivity contribution < 1.29 is 4.43 Å². The number of alkyl halides is 1. The van der Waals surface area contributed by atoms with Crippen molar-refractivity contribution in [3.8, 4) is 6.07 Å². The second-order valence-corrected chi connectivity index (χ2v) is 11.3. The Morgan fingerprint density at radius 2 is 1.47 bits per heavy atom. The quantitative estimate of drug-likeness (QED) is 0.498. The largest absolute Gasteiger partial charge is 0.411 e. The molecule has 4 heteroatoms. The van der Waals surface area contributed by atoms with Crippen molar-refractivity contribution in [3.63, 3.8) is 0 Å². The Hall–Kier alpha value is -0.0431. The summed E-state index contributed by atoms with van der Waals surface area (Å²) in [6.45, 7) is 13.4. The molecule has 0 aromatic carbocycles. The Labute approximate surface area is 112 Å². The van der Waals surface area contributed by atoms with E-state index in [1.54, 1.807) is 0 Å². The maximum absolute atomic E-state index is 8.81. The van der Waals surface area contributed by atoms with Crippen LogP contribution in [0, 0.1) is 11.3 Å². The fourth-order valence-electron chi connectivity index (χ4n) is 2.93. The summed E-state index contributed by atoms with van der Waals surface area (Å²) >= 11 is 5.91. The number of nitrogens with zero attached hydrogens (tertiary/aromatic N) is 1. The maximum Gasteiger partial charge on any atom is 0.200 e. The second-order valence-electron chi connectivity index (χ2n) is 5.57. The molecule has 0 heterocycles. The van der Waals surface area contributed by atoms with Crippen LogP contribution in [0.2, 0.25) is 16.6 Å². The third-order valence-corrected chi connectivity index (χ3v) is 10.1. The summed E-state index contributed by atoms with van der Waals surface area (Å²) in [5, 5.41) is 8.81. The standard InChI is InChI=1S/C13H26ClNOSi/c1-10(2)17(11(3)4,12(5)6)16-13(9-14)7-8-15/h10-13H,7,9H2,1-6H3/t13-/m1/s1. The van der Waals surface area contributed by atoms with Gasteiger partial charge in [0.1, 0.15) is 0 Å². The Kier molecular flexibility index (Phi) is 7.39. The first kappa shape index (κ1) is 17.0. The zero-order valence-corrected chi connectivity index (χ0v) is 13.7. The van der Waals surface area contributed by atoms with Crippen molar-refractivity contribution in [3.05, 3.63) is 0 Å². The van der Waals surface area contributed by atoms with Gasteiger partial charge in [0, 0.05) is 5.88 Å². The molecule has 0 aliphatic heterocycles. The predicted molar refractivity (Wildman–Crippen MR) is 76.9 cm³/mol. The van der Waals surface area contributed by atoms with E-state index < -0.39 is 8.32 Å². The fraction of sp³-hybridized carbons (Fsp3) is 0.923. The highest BCUT2D eigenvalue weighted by Crippen LogP contribution is 2.43. The van der Waals surface area contributed by atoms with Gasteiger partial charge in [0.15, 0.2) is 0 Å². The first-order chi connectivity index (χ1) is 7.82. The zero-order valence-electron chi connectivity index (χ0n) is 12.0. The van der Waals surface area contributed by atoms with E-state index in [0.29, 0.717) is 28.9 Å². The third-order valence-electron chi connectivity index (χ3n) is 3.57. The van der Waals surface area contributed by atoms with Gasteiger partial charge in [0.2, 0.25) is 8.32 Å². The second kappa shape index (κ2) is 7.40. The van der Waals surface area contributed by atoms with E-state index in [1.807, 2.05) is 0 Å². The molecule has 0 spiro atoms. The van der Waals surface area contributed by atoms with E-state index in [-0.39, 0.29) is 6.10 Å². The summed E-state index contributed by atoms with van der Waals surface area (Å²) < 4.78 is 6.40. The summed E-state index contributed by atoms with van der Waals surface area (Å²) in [6.07, 6.45) is 0.283. The maximum atomic E-state index is 8.81. The highest BCUT2D eigenvalue weighted by Gasteiger charge is 2.46. The normalized spacial score (nSPS) is 14.4. The Balaban J connectivity index is 5.11. The lowest BCUT2D eigenvalue weighted by atomic mass is 10.3. The van der Waals surface area contributed by atoms with Crippen LogP contribution in [0.1, 0.15) is 48.0 Å². The first-order valence-corrected chi connectivity index (χ1v) is 9.11. The molecule has 0 rings (SSSR count). The number of halogens is 1. The van der Waals surface area contributed by atoms with Crippen LogP contribution < -0.4 is 0 Å². The molecule has 0 aliphatic rings. The van der Waals surface area contributed by atoms with Gasteiger partial charge in [-0.15, -0.1) is 11.6 Å². The van der Waals surface area contributed by atoms with Gasteiger partial charge in [0.05, 0.1) is 18.6 Å². The van der Waals surface area contributed by atoms with Crippen molar-refractivity contribution in [2.75, 3.05) is 5.88 Å². The monoisotopic (exact) mass is 275 g/mol. The lowest BCUT2D eigenvalue weighted by Crippen LogP contribution is -2.50. The smallest absolute Gasteiger partial charge is 0.200 e. The van der Waals surface area contributed by atoms with Crippen LogP contribution in [0.5, 0.6) is 0 Å². The lowest BCUT2D eigenvalue weighted by molar-refractivity contribution is 0.198. The Bertz CT molecular complexity index is 239. The summed E-state index contributed by atoms with van der Waals surface area (Å²) in [6, 6.07) is 2.17. The summed E-state index contributed by atoms with van der Waals surface area (Å²) in [5.41, 5.74) is 1.60. The van der Waals surface area contributed by atoms with E-state index in [0.717, 1.165) is 0 Å². The molecular formula is C13H26ClNOSi. The van der Waals surface area contributed by atoms with Gasteiger partial charge in [-0.2, -0.15) is 5.26 Å². The van der Waals surface area contributed by atoms with Crippen molar-refractivity contribution in [2.24, 2.45) is 0 Å². The van der Waals surface area contributed by atoms with Gasteiger partial charge in [-0.25, -0.2) is 0 Å². The molecule has 17 heavy (non-hydrogen) atoms. The van der Waals surface area contributed by atoms with Crippen LogP contribution >= 0.6 is 11.6 Å². The highest BCUT2D eigenvalue weighted by atomic mass is 35.5. The van der Waals surface area contributed by atoms with Crippen molar-refractivity contribution in [1.29, 1.82) is 5.26 Å². The lowest BCUT2D eigenvalue weighted by Gasteiger charge is -2.44. The van der Waals surface area contributed by atoms with E-state index in [4.69, 9.17) is 21.3 Å². The molecule has 1 atom stereocenters. The minimum absolute atomic E-state index is 0.111. The van der Waals surface area contributed by atoms with Crippen LogP contribution in [0.25, 0.3) is 0 Å². The van der Waals surface area contributed by atoms with E-state index >= 15 is 0 Å². The SMILES string of the molecule is CC(C)[Si](O[C@@H](CCl)CC#N)(C(C)C)C(C)C. The topological polar surface area (TPSA) is 33.0 Å². The number of hydrogen-bond donors (Lipinski definition) is 0. The van der Waals surface area contributed by atoms with Crippen LogP contribution in [0.15, 0.2) is 0 Å². The first-order valence-electron chi connectivity index (χ1n) is 6.43. The zero-order chi connectivity index (χ0) is 13.6. The fourth-order valence-corrected chi connectivity index (χ4v) is 8.76. The van der Waals surface area contributed by atoms with Gasteiger partial charge >= 0.3 is 0 Å². The molecule has 0 radical (unpaired) electrons.